The van der Waals surface area contributed by atoms with E-state index in [2.05, 4.69) is 0 Å². The van der Waals surface area contributed by atoms with Gasteiger partial charge in [-0.3, -0.25) is 0 Å². The Morgan fingerprint density at radius 3 is 2.21 bits per heavy atom. The molecule has 1 aliphatic heterocycles. The topological polar surface area (TPSA) is 32.5 Å². The molecule has 4 nitrogen and oxygen atoms in total. The number of alkyl halides is 2. The second-order valence-corrected chi connectivity index (χ2v) is 7.23. The molecule has 0 aromatic heterocycles. The summed E-state index contributed by atoms with van der Waals surface area (Å²) in [4.78, 5) is 0. The molecular formula is C12H17Cl2N2O2P. The lowest BCUT2D eigenvalue weighted by molar-refractivity contribution is 0.342. The van der Waals surface area contributed by atoms with E-state index in [1.807, 2.05) is 22.9 Å². The average molecular weight is 323 g/mol. The van der Waals surface area contributed by atoms with Crippen LogP contribution in [-0.4, -0.2) is 47.3 Å². The zero-order valence-corrected chi connectivity index (χ0v) is 12.9. The maximum atomic E-state index is 13.1. The van der Waals surface area contributed by atoms with E-state index in [1.165, 1.54) is 0 Å². The molecule has 19 heavy (non-hydrogen) atoms. The Kier molecular flexibility index (Phi) is 5.55. The first-order valence-electron chi connectivity index (χ1n) is 6.18. The summed E-state index contributed by atoms with van der Waals surface area (Å²) >= 11 is 11.6. The van der Waals surface area contributed by atoms with E-state index in [-0.39, 0.29) is 0 Å². The first-order chi connectivity index (χ1) is 9.20. The van der Waals surface area contributed by atoms with Crippen molar-refractivity contribution in [1.29, 1.82) is 0 Å². The smallest absolute Gasteiger partial charge is 0.395 e. The zero-order valence-electron chi connectivity index (χ0n) is 10.5. The van der Waals surface area contributed by atoms with Crippen molar-refractivity contribution in [3.05, 3.63) is 30.3 Å². The summed E-state index contributed by atoms with van der Waals surface area (Å²) in [5.74, 6) is 1.39. The van der Waals surface area contributed by atoms with Gasteiger partial charge in [0.15, 0.2) is 0 Å². The molecular weight excluding hydrogens is 306 g/mol. The molecule has 1 unspecified atom stereocenters. The van der Waals surface area contributed by atoms with E-state index in [1.54, 1.807) is 16.8 Å². The zero-order chi connectivity index (χ0) is 13.7. The van der Waals surface area contributed by atoms with Gasteiger partial charge in [-0.1, -0.05) is 18.2 Å². The maximum absolute atomic E-state index is 13.1. The van der Waals surface area contributed by atoms with Crippen LogP contribution in [0.25, 0.3) is 0 Å². The normalized spacial score (nSPS) is 18.3. The van der Waals surface area contributed by atoms with Crippen LogP contribution < -0.4 is 4.52 Å². The lowest BCUT2D eigenvalue weighted by atomic mass is 10.3. The predicted molar refractivity (Wildman–Crippen MR) is 79.3 cm³/mol. The van der Waals surface area contributed by atoms with Gasteiger partial charge in [-0.25, -0.2) is 13.9 Å². The van der Waals surface area contributed by atoms with Crippen LogP contribution in [0.3, 0.4) is 0 Å². The van der Waals surface area contributed by atoms with Crippen molar-refractivity contribution < 1.29 is 9.09 Å². The maximum Gasteiger partial charge on any atom is 0.395 e. The minimum absolute atomic E-state index is 0.396. The molecule has 7 heteroatoms. The highest BCUT2D eigenvalue weighted by Crippen LogP contribution is 2.57. The summed E-state index contributed by atoms with van der Waals surface area (Å²) in [5.41, 5.74) is 0. The van der Waals surface area contributed by atoms with Crippen molar-refractivity contribution in [3.63, 3.8) is 0 Å². The quantitative estimate of drug-likeness (QED) is 0.418. The Morgan fingerprint density at radius 1 is 1.16 bits per heavy atom. The molecule has 1 aliphatic rings. The first-order valence-corrected chi connectivity index (χ1v) is 8.78. The van der Waals surface area contributed by atoms with Crippen molar-refractivity contribution >= 4 is 30.9 Å². The van der Waals surface area contributed by atoms with Crippen LogP contribution in [0.4, 0.5) is 0 Å². The monoisotopic (exact) mass is 322 g/mol. The van der Waals surface area contributed by atoms with E-state index >= 15 is 0 Å². The number of rotatable bonds is 8. The lowest BCUT2D eigenvalue weighted by Crippen LogP contribution is -2.30. The molecule has 0 radical (unpaired) electrons. The molecule has 106 valence electrons. The van der Waals surface area contributed by atoms with Gasteiger partial charge in [0.2, 0.25) is 0 Å². The third-order valence-electron chi connectivity index (χ3n) is 2.79. The Hall–Kier alpha value is -0.250. The molecule has 2 rings (SSSR count). The Labute approximate surface area is 123 Å². The molecule has 0 N–H and O–H groups in total. The molecule has 1 heterocycles. The highest BCUT2D eigenvalue weighted by molar-refractivity contribution is 7.54. The van der Waals surface area contributed by atoms with Crippen LogP contribution in [-0.2, 0) is 4.57 Å². The number of hydrogen-bond acceptors (Lipinski definition) is 2. The second-order valence-electron chi connectivity index (χ2n) is 4.18. The third kappa shape index (κ3) is 3.87. The largest absolute Gasteiger partial charge is 0.422 e. The van der Waals surface area contributed by atoms with Crippen LogP contribution in [0.1, 0.15) is 0 Å². The van der Waals surface area contributed by atoms with Crippen LogP contribution in [0.15, 0.2) is 30.3 Å². The molecule has 0 bridgehead atoms. The summed E-state index contributed by atoms with van der Waals surface area (Å²) in [6.45, 7) is 2.56. The summed E-state index contributed by atoms with van der Waals surface area (Å²) in [6, 6.07) is 9.21. The molecule has 1 fully saturated rings. The molecule has 0 saturated carbocycles. The Balaban J connectivity index is 2.18. The van der Waals surface area contributed by atoms with Gasteiger partial charge in [0.05, 0.1) is 0 Å². The molecule has 1 saturated heterocycles. The molecule has 0 aliphatic carbocycles. The third-order valence-corrected chi connectivity index (χ3v) is 5.81. The minimum Gasteiger partial charge on any atom is -0.422 e. The molecule has 1 aromatic carbocycles. The fourth-order valence-electron chi connectivity index (χ4n) is 1.77. The van der Waals surface area contributed by atoms with Gasteiger partial charge in [-0.05, 0) is 12.1 Å². The molecule has 1 aromatic rings. The SMILES string of the molecule is O=P(Oc1ccccc1)(N(CCCl)CCCl)N1CC1. The van der Waals surface area contributed by atoms with Crippen LogP contribution >= 0.6 is 30.9 Å². The van der Waals surface area contributed by atoms with Gasteiger partial charge in [-0.15, -0.1) is 23.2 Å². The van der Waals surface area contributed by atoms with Crippen LogP contribution in [0.2, 0.25) is 0 Å². The van der Waals surface area contributed by atoms with Gasteiger partial charge < -0.3 is 4.52 Å². The van der Waals surface area contributed by atoms with E-state index in [4.69, 9.17) is 27.7 Å². The van der Waals surface area contributed by atoms with Gasteiger partial charge in [0.25, 0.3) is 0 Å². The minimum atomic E-state index is -3.05. The van der Waals surface area contributed by atoms with Crippen molar-refractivity contribution in [2.75, 3.05) is 37.9 Å². The second kappa shape index (κ2) is 6.96. The molecule has 1 atom stereocenters. The van der Waals surface area contributed by atoms with Crippen molar-refractivity contribution in [2.24, 2.45) is 0 Å². The molecule has 0 amide bonds. The van der Waals surface area contributed by atoms with E-state index < -0.39 is 7.67 Å². The molecule has 0 spiro atoms. The summed E-state index contributed by atoms with van der Waals surface area (Å²) in [7, 11) is -3.05. The lowest BCUT2D eigenvalue weighted by Gasteiger charge is -2.30. The average Bonchev–Trinajstić information content (AvgIpc) is 3.24. The summed E-state index contributed by atoms with van der Waals surface area (Å²) in [6.07, 6.45) is 0. The summed E-state index contributed by atoms with van der Waals surface area (Å²) in [5, 5.41) is 0. The number of para-hydroxylation sites is 1. The standard InChI is InChI=1S/C12H17Cl2N2O2P/c13-6-8-15(9-7-14)19(17,16-10-11-16)18-12-4-2-1-3-5-12/h1-5H,6-11H2. The highest BCUT2D eigenvalue weighted by Gasteiger charge is 2.45. The van der Waals surface area contributed by atoms with Crippen LogP contribution in [0.5, 0.6) is 5.75 Å². The number of nitrogens with zero attached hydrogens (tertiary/aromatic N) is 2. The predicted octanol–water partition coefficient (Wildman–Crippen LogP) is 3.27. The number of benzene rings is 1. The van der Waals surface area contributed by atoms with E-state index in [9.17, 15) is 4.57 Å². The van der Waals surface area contributed by atoms with Gasteiger partial charge in [0.1, 0.15) is 5.75 Å². The van der Waals surface area contributed by atoms with Gasteiger partial charge in [-0.2, -0.15) is 0 Å². The number of hydrogen-bond donors (Lipinski definition) is 0. The van der Waals surface area contributed by atoms with Crippen molar-refractivity contribution in [3.8, 4) is 5.75 Å². The van der Waals surface area contributed by atoms with E-state index in [0.29, 0.717) is 30.6 Å². The highest BCUT2D eigenvalue weighted by atomic mass is 35.5. The van der Waals surface area contributed by atoms with Crippen molar-refractivity contribution in [1.82, 2.24) is 9.34 Å². The fraction of sp³-hybridized carbons (Fsp3) is 0.500. The fourth-order valence-corrected chi connectivity index (χ4v) is 4.70. The number of halogens is 2. The van der Waals surface area contributed by atoms with E-state index in [0.717, 1.165) is 13.1 Å². The summed E-state index contributed by atoms with van der Waals surface area (Å²) < 4.78 is 22.5. The van der Waals surface area contributed by atoms with Crippen molar-refractivity contribution in [2.45, 2.75) is 0 Å². The Bertz CT molecular complexity index is 437. The van der Waals surface area contributed by atoms with Gasteiger partial charge >= 0.3 is 7.67 Å². The Morgan fingerprint density at radius 2 is 1.74 bits per heavy atom. The van der Waals surface area contributed by atoms with Gasteiger partial charge in [0, 0.05) is 37.9 Å². The van der Waals surface area contributed by atoms with Crippen LogP contribution in [0, 0.1) is 0 Å². The first kappa shape index (κ1) is 15.1.